The monoisotopic (exact) mass is 279 g/mol. The highest BCUT2D eigenvalue weighted by Crippen LogP contribution is 2.09. The van der Waals surface area contributed by atoms with Crippen molar-refractivity contribution >= 4 is 11.6 Å². The number of anilines is 1. The Hall–Kier alpha value is -3.02. The number of hydrogen-bond donors (Lipinski definition) is 1. The molecule has 0 saturated heterocycles. The Labute approximate surface area is 121 Å². The highest BCUT2D eigenvalue weighted by atomic mass is 16.1. The molecule has 0 aliphatic heterocycles. The van der Waals surface area contributed by atoms with E-state index >= 15 is 0 Å². The molecule has 0 saturated carbocycles. The molecule has 0 atom stereocenters. The van der Waals surface area contributed by atoms with Gasteiger partial charge in [-0.05, 0) is 25.1 Å². The zero-order valence-corrected chi connectivity index (χ0v) is 11.4. The first-order chi connectivity index (χ1) is 10.2. The molecular weight excluding hydrogens is 266 g/mol. The van der Waals surface area contributed by atoms with Gasteiger partial charge in [-0.15, -0.1) is 0 Å². The number of amides is 1. The van der Waals surface area contributed by atoms with E-state index in [2.05, 4.69) is 20.4 Å². The van der Waals surface area contributed by atoms with Gasteiger partial charge in [0.25, 0.3) is 11.9 Å². The van der Waals surface area contributed by atoms with Crippen molar-refractivity contribution in [2.75, 3.05) is 5.32 Å². The van der Waals surface area contributed by atoms with E-state index < -0.39 is 0 Å². The van der Waals surface area contributed by atoms with Gasteiger partial charge in [0.05, 0.1) is 18.1 Å². The van der Waals surface area contributed by atoms with Crippen molar-refractivity contribution in [3.63, 3.8) is 0 Å². The van der Waals surface area contributed by atoms with Gasteiger partial charge >= 0.3 is 0 Å². The van der Waals surface area contributed by atoms with E-state index in [1.807, 2.05) is 25.1 Å². The van der Waals surface area contributed by atoms with Crippen LogP contribution in [0.25, 0.3) is 5.95 Å². The molecule has 104 valence electrons. The molecule has 0 fully saturated rings. The molecule has 3 rings (SSSR count). The van der Waals surface area contributed by atoms with Gasteiger partial charge in [-0.1, -0.05) is 17.7 Å². The topological polar surface area (TPSA) is 72.7 Å². The third kappa shape index (κ3) is 2.94. The van der Waals surface area contributed by atoms with E-state index in [1.54, 1.807) is 41.6 Å². The van der Waals surface area contributed by atoms with E-state index in [4.69, 9.17) is 0 Å². The highest BCUT2D eigenvalue weighted by molar-refractivity contribution is 6.04. The van der Waals surface area contributed by atoms with E-state index in [9.17, 15) is 4.79 Å². The minimum Gasteiger partial charge on any atom is -0.319 e. The lowest BCUT2D eigenvalue weighted by Gasteiger charge is -2.06. The summed E-state index contributed by atoms with van der Waals surface area (Å²) in [7, 11) is 0. The second-order valence-corrected chi connectivity index (χ2v) is 4.55. The fourth-order valence-corrected chi connectivity index (χ4v) is 1.88. The summed E-state index contributed by atoms with van der Waals surface area (Å²) in [5, 5.41) is 6.80. The zero-order chi connectivity index (χ0) is 14.7. The summed E-state index contributed by atoms with van der Waals surface area (Å²) < 4.78 is 1.55. The van der Waals surface area contributed by atoms with Crippen LogP contribution >= 0.6 is 0 Å². The van der Waals surface area contributed by atoms with E-state index in [0.717, 1.165) is 5.56 Å². The standard InChI is InChI=1S/C15H13N5O/c1-11-4-2-5-12(8-11)14(21)19-13-9-16-15(17-10-13)20-7-3-6-18-20/h2-10H,1H3,(H,19,21). The Morgan fingerprint density at radius 3 is 2.67 bits per heavy atom. The highest BCUT2D eigenvalue weighted by Gasteiger charge is 2.07. The molecule has 0 unspecified atom stereocenters. The molecule has 1 aromatic carbocycles. The maximum atomic E-state index is 12.1. The number of carbonyl (C=O) groups is 1. The largest absolute Gasteiger partial charge is 0.319 e. The lowest BCUT2D eigenvalue weighted by Crippen LogP contribution is -2.13. The zero-order valence-electron chi connectivity index (χ0n) is 11.4. The summed E-state index contributed by atoms with van der Waals surface area (Å²) in [6.45, 7) is 1.94. The summed E-state index contributed by atoms with van der Waals surface area (Å²) >= 11 is 0. The molecular formula is C15H13N5O. The van der Waals surface area contributed by atoms with Gasteiger partial charge in [0.2, 0.25) is 0 Å². The normalized spacial score (nSPS) is 10.3. The van der Waals surface area contributed by atoms with Crippen LogP contribution in [0.2, 0.25) is 0 Å². The summed E-state index contributed by atoms with van der Waals surface area (Å²) in [5.41, 5.74) is 2.18. The van der Waals surface area contributed by atoms with Crippen molar-refractivity contribution < 1.29 is 4.79 Å². The van der Waals surface area contributed by atoms with Gasteiger partial charge in [0.1, 0.15) is 0 Å². The molecule has 0 radical (unpaired) electrons. The lowest BCUT2D eigenvalue weighted by atomic mass is 10.1. The molecule has 2 aromatic heterocycles. The number of nitrogens with zero attached hydrogens (tertiary/aromatic N) is 4. The summed E-state index contributed by atoms with van der Waals surface area (Å²) in [6, 6.07) is 9.17. The summed E-state index contributed by atoms with van der Waals surface area (Å²) in [6.07, 6.45) is 6.51. The Morgan fingerprint density at radius 2 is 2.00 bits per heavy atom. The number of nitrogens with one attached hydrogen (secondary N) is 1. The Morgan fingerprint density at radius 1 is 1.19 bits per heavy atom. The van der Waals surface area contributed by atoms with Crippen LogP contribution in [-0.4, -0.2) is 25.7 Å². The molecule has 6 heteroatoms. The van der Waals surface area contributed by atoms with Crippen LogP contribution in [0, 0.1) is 6.92 Å². The van der Waals surface area contributed by atoms with Gasteiger partial charge in [0.15, 0.2) is 0 Å². The Kier molecular flexibility index (Phi) is 3.42. The van der Waals surface area contributed by atoms with Crippen LogP contribution in [0.1, 0.15) is 15.9 Å². The van der Waals surface area contributed by atoms with E-state index in [-0.39, 0.29) is 5.91 Å². The maximum absolute atomic E-state index is 12.1. The average Bonchev–Trinajstić information content (AvgIpc) is 3.02. The van der Waals surface area contributed by atoms with Crippen molar-refractivity contribution in [1.29, 1.82) is 0 Å². The number of benzene rings is 1. The Bertz CT molecular complexity index is 750. The average molecular weight is 279 g/mol. The number of rotatable bonds is 3. The number of hydrogen-bond acceptors (Lipinski definition) is 4. The molecule has 0 aliphatic rings. The maximum Gasteiger partial charge on any atom is 0.255 e. The quantitative estimate of drug-likeness (QED) is 0.798. The Balaban J connectivity index is 1.75. The van der Waals surface area contributed by atoms with Crippen molar-refractivity contribution in [3.05, 3.63) is 66.2 Å². The molecule has 0 spiro atoms. The minimum atomic E-state index is -0.186. The summed E-state index contributed by atoms with van der Waals surface area (Å²) in [5.74, 6) is 0.266. The molecule has 3 aromatic rings. The fourth-order valence-electron chi connectivity index (χ4n) is 1.88. The molecule has 6 nitrogen and oxygen atoms in total. The third-order valence-corrected chi connectivity index (χ3v) is 2.89. The van der Waals surface area contributed by atoms with Crippen LogP contribution in [0.5, 0.6) is 0 Å². The second-order valence-electron chi connectivity index (χ2n) is 4.55. The first-order valence-electron chi connectivity index (χ1n) is 6.42. The minimum absolute atomic E-state index is 0.186. The van der Waals surface area contributed by atoms with Crippen molar-refractivity contribution in [2.45, 2.75) is 6.92 Å². The number of aryl methyl sites for hydroxylation is 1. The smallest absolute Gasteiger partial charge is 0.255 e. The van der Waals surface area contributed by atoms with E-state index in [0.29, 0.717) is 17.2 Å². The molecule has 1 N–H and O–H groups in total. The lowest BCUT2D eigenvalue weighted by molar-refractivity contribution is 0.102. The van der Waals surface area contributed by atoms with Crippen LogP contribution < -0.4 is 5.32 Å². The summed E-state index contributed by atoms with van der Waals surface area (Å²) in [4.78, 5) is 20.4. The fraction of sp³-hybridized carbons (Fsp3) is 0.0667. The van der Waals surface area contributed by atoms with Crippen molar-refractivity contribution in [3.8, 4) is 5.95 Å². The third-order valence-electron chi connectivity index (χ3n) is 2.89. The first-order valence-corrected chi connectivity index (χ1v) is 6.42. The van der Waals surface area contributed by atoms with Crippen LogP contribution in [0.3, 0.4) is 0 Å². The van der Waals surface area contributed by atoms with Gasteiger partial charge in [0, 0.05) is 18.0 Å². The number of carbonyl (C=O) groups excluding carboxylic acids is 1. The van der Waals surface area contributed by atoms with Crippen molar-refractivity contribution in [2.24, 2.45) is 0 Å². The predicted octanol–water partition coefficient (Wildman–Crippen LogP) is 2.22. The molecule has 1 amide bonds. The van der Waals surface area contributed by atoms with Gasteiger partial charge in [-0.2, -0.15) is 5.10 Å². The van der Waals surface area contributed by atoms with Crippen LogP contribution in [-0.2, 0) is 0 Å². The first kappa shape index (κ1) is 13.0. The molecule has 0 bridgehead atoms. The van der Waals surface area contributed by atoms with Gasteiger partial charge < -0.3 is 5.32 Å². The predicted molar refractivity (Wildman–Crippen MR) is 78.3 cm³/mol. The molecule has 21 heavy (non-hydrogen) atoms. The molecule has 0 aliphatic carbocycles. The van der Waals surface area contributed by atoms with Crippen LogP contribution in [0.4, 0.5) is 5.69 Å². The van der Waals surface area contributed by atoms with Gasteiger partial charge in [-0.25, -0.2) is 14.6 Å². The molecule has 2 heterocycles. The SMILES string of the molecule is Cc1cccc(C(=O)Nc2cnc(-n3cccn3)nc2)c1. The van der Waals surface area contributed by atoms with Crippen molar-refractivity contribution in [1.82, 2.24) is 19.7 Å². The second kappa shape index (κ2) is 5.54. The van der Waals surface area contributed by atoms with Gasteiger partial charge in [-0.3, -0.25) is 4.79 Å². The number of aromatic nitrogens is 4. The van der Waals surface area contributed by atoms with E-state index in [1.165, 1.54) is 0 Å². The van der Waals surface area contributed by atoms with Crippen LogP contribution in [0.15, 0.2) is 55.1 Å².